The third-order valence-electron chi connectivity index (χ3n) is 4.74. The SMILES string of the molecule is CCNC(CCC1CC(C)(C)OC1(C)C)C1CC1. The smallest absolute Gasteiger partial charge is 0.0662 e. The summed E-state index contributed by atoms with van der Waals surface area (Å²) in [5, 5.41) is 3.68. The first-order chi connectivity index (χ1) is 8.34. The lowest BCUT2D eigenvalue weighted by Gasteiger charge is -2.28. The third kappa shape index (κ3) is 3.48. The van der Waals surface area contributed by atoms with Crippen LogP contribution < -0.4 is 5.32 Å². The maximum atomic E-state index is 6.20. The molecule has 18 heavy (non-hydrogen) atoms. The molecule has 1 aliphatic heterocycles. The summed E-state index contributed by atoms with van der Waals surface area (Å²) in [4.78, 5) is 0. The Morgan fingerprint density at radius 2 is 1.89 bits per heavy atom. The van der Waals surface area contributed by atoms with Crippen LogP contribution in [0.2, 0.25) is 0 Å². The zero-order chi connectivity index (χ0) is 13.4. The van der Waals surface area contributed by atoms with Gasteiger partial charge in [-0.3, -0.25) is 0 Å². The number of nitrogens with one attached hydrogen (secondary N) is 1. The molecule has 2 rings (SSSR count). The van der Waals surface area contributed by atoms with Gasteiger partial charge in [-0.15, -0.1) is 0 Å². The van der Waals surface area contributed by atoms with Crippen LogP contribution >= 0.6 is 0 Å². The fourth-order valence-corrected chi connectivity index (χ4v) is 3.77. The molecule has 0 spiro atoms. The van der Waals surface area contributed by atoms with E-state index in [0.717, 1.165) is 18.5 Å². The average molecular weight is 253 g/mol. The number of hydrogen-bond donors (Lipinski definition) is 1. The summed E-state index contributed by atoms with van der Waals surface area (Å²) in [7, 11) is 0. The highest BCUT2D eigenvalue weighted by Crippen LogP contribution is 2.45. The first-order valence-corrected chi connectivity index (χ1v) is 7.77. The Balaban J connectivity index is 1.85. The molecule has 1 saturated heterocycles. The molecule has 0 aromatic carbocycles. The van der Waals surface area contributed by atoms with Gasteiger partial charge in [-0.05, 0) is 78.2 Å². The summed E-state index contributed by atoms with van der Waals surface area (Å²) in [5.74, 6) is 1.68. The van der Waals surface area contributed by atoms with E-state index in [4.69, 9.17) is 4.74 Å². The van der Waals surface area contributed by atoms with E-state index in [2.05, 4.69) is 39.9 Å². The van der Waals surface area contributed by atoms with Crippen molar-refractivity contribution in [2.24, 2.45) is 11.8 Å². The monoisotopic (exact) mass is 253 g/mol. The van der Waals surface area contributed by atoms with Gasteiger partial charge in [0, 0.05) is 6.04 Å². The van der Waals surface area contributed by atoms with Gasteiger partial charge in [0.05, 0.1) is 11.2 Å². The lowest BCUT2D eigenvalue weighted by molar-refractivity contribution is -0.0754. The number of hydrogen-bond acceptors (Lipinski definition) is 2. The molecular formula is C16H31NO. The van der Waals surface area contributed by atoms with Crippen molar-refractivity contribution in [3.05, 3.63) is 0 Å². The number of rotatable bonds is 6. The van der Waals surface area contributed by atoms with Crippen LogP contribution in [-0.2, 0) is 4.74 Å². The van der Waals surface area contributed by atoms with E-state index < -0.39 is 0 Å². The normalized spacial score (nSPS) is 31.5. The Morgan fingerprint density at radius 1 is 1.22 bits per heavy atom. The second-order valence-corrected chi connectivity index (χ2v) is 7.45. The zero-order valence-corrected chi connectivity index (χ0v) is 12.9. The van der Waals surface area contributed by atoms with Crippen LogP contribution in [0.1, 0.15) is 66.7 Å². The number of ether oxygens (including phenoxy) is 1. The molecule has 0 aromatic heterocycles. The minimum absolute atomic E-state index is 0.0593. The predicted octanol–water partition coefficient (Wildman–Crippen LogP) is 3.75. The van der Waals surface area contributed by atoms with Crippen molar-refractivity contribution < 1.29 is 4.74 Å². The fourth-order valence-electron chi connectivity index (χ4n) is 3.77. The minimum Gasteiger partial charge on any atom is -0.369 e. The van der Waals surface area contributed by atoms with Crippen molar-refractivity contribution in [3.8, 4) is 0 Å². The molecule has 2 unspecified atom stereocenters. The largest absolute Gasteiger partial charge is 0.369 e. The quantitative estimate of drug-likeness (QED) is 0.778. The van der Waals surface area contributed by atoms with Gasteiger partial charge in [0.1, 0.15) is 0 Å². The molecule has 2 heteroatoms. The maximum absolute atomic E-state index is 6.20. The van der Waals surface area contributed by atoms with Crippen molar-refractivity contribution in [2.45, 2.75) is 84.0 Å². The lowest BCUT2D eigenvalue weighted by atomic mass is 9.82. The van der Waals surface area contributed by atoms with Crippen molar-refractivity contribution in [1.29, 1.82) is 0 Å². The molecule has 0 amide bonds. The van der Waals surface area contributed by atoms with E-state index in [-0.39, 0.29) is 11.2 Å². The van der Waals surface area contributed by atoms with Gasteiger partial charge >= 0.3 is 0 Å². The fraction of sp³-hybridized carbons (Fsp3) is 1.00. The summed E-state index contributed by atoms with van der Waals surface area (Å²) >= 11 is 0. The van der Waals surface area contributed by atoms with E-state index in [1.165, 1.54) is 32.1 Å². The highest BCUT2D eigenvalue weighted by atomic mass is 16.5. The van der Waals surface area contributed by atoms with E-state index in [9.17, 15) is 0 Å². The van der Waals surface area contributed by atoms with Crippen LogP contribution in [-0.4, -0.2) is 23.8 Å². The molecule has 0 radical (unpaired) electrons. The molecule has 1 heterocycles. The minimum atomic E-state index is 0.0593. The van der Waals surface area contributed by atoms with E-state index in [1.807, 2.05) is 0 Å². The van der Waals surface area contributed by atoms with Crippen molar-refractivity contribution >= 4 is 0 Å². The van der Waals surface area contributed by atoms with Gasteiger partial charge in [-0.2, -0.15) is 0 Å². The van der Waals surface area contributed by atoms with Gasteiger partial charge in [0.15, 0.2) is 0 Å². The van der Waals surface area contributed by atoms with E-state index in [1.54, 1.807) is 0 Å². The molecule has 0 aromatic rings. The Hall–Kier alpha value is -0.0800. The Kier molecular flexibility index (Phi) is 4.08. The molecule has 2 nitrogen and oxygen atoms in total. The van der Waals surface area contributed by atoms with Gasteiger partial charge in [-0.1, -0.05) is 6.92 Å². The van der Waals surface area contributed by atoms with Crippen LogP contribution in [0.4, 0.5) is 0 Å². The zero-order valence-electron chi connectivity index (χ0n) is 12.9. The molecule has 0 bridgehead atoms. The first kappa shape index (κ1) is 14.3. The van der Waals surface area contributed by atoms with Crippen LogP contribution in [0.3, 0.4) is 0 Å². The first-order valence-electron chi connectivity index (χ1n) is 7.77. The van der Waals surface area contributed by atoms with Gasteiger partial charge < -0.3 is 10.1 Å². The van der Waals surface area contributed by atoms with E-state index >= 15 is 0 Å². The summed E-state index contributed by atoms with van der Waals surface area (Å²) in [6.07, 6.45) is 6.72. The standard InChI is InChI=1S/C16H31NO/c1-6-17-14(12-7-8-12)10-9-13-11-15(2,3)18-16(13,4)5/h12-14,17H,6-11H2,1-5H3. The van der Waals surface area contributed by atoms with E-state index in [0.29, 0.717) is 5.92 Å². The van der Waals surface area contributed by atoms with Crippen LogP contribution in [0.15, 0.2) is 0 Å². The second-order valence-electron chi connectivity index (χ2n) is 7.45. The van der Waals surface area contributed by atoms with Crippen molar-refractivity contribution in [3.63, 3.8) is 0 Å². The lowest BCUT2D eigenvalue weighted by Crippen LogP contribution is -2.34. The highest BCUT2D eigenvalue weighted by Gasteiger charge is 2.45. The van der Waals surface area contributed by atoms with Crippen LogP contribution in [0.25, 0.3) is 0 Å². The third-order valence-corrected chi connectivity index (χ3v) is 4.74. The molecule has 2 aliphatic rings. The summed E-state index contributed by atoms with van der Waals surface area (Å²) in [6.45, 7) is 12.3. The summed E-state index contributed by atoms with van der Waals surface area (Å²) in [6, 6.07) is 0.759. The Labute approximate surface area is 113 Å². The van der Waals surface area contributed by atoms with Crippen molar-refractivity contribution in [1.82, 2.24) is 5.32 Å². The van der Waals surface area contributed by atoms with Crippen molar-refractivity contribution in [2.75, 3.05) is 6.54 Å². The van der Waals surface area contributed by atoms with Crippen LogP contribution in [0.5, 0.6) is 0 Å². The molecule has 1 N–H and O–H groups in total. The molecule has 1 saturated carbocycles. The summed E-state index contributed by atoms with van der Waals surface area (Å²) < 4.78 is 6.20. The molecule has 2 fully saturated rings. The molecule has 106 valence electrons. The average Bonchev–Trinajstić information content (AvgIpc) is 3.00. The van der Waals surface area contributed by atoms with Gasteiger partial charge in [0.2, 0.25) is 0 Å². The predicted molar refractivity (Wildman–Crippen MR) is 76.8 cm³/mol. The highest BCUT2D eigenvalue weighted by molar-refractivity contribution is 4.95. The Bertz CT molecular complexity index is 281. The molecule has 1 aliphatic carbocycles. The second kappa shape index (κ2) is 5.13. The Morgan fingerprint density at radius 3 is 2.33 bits per heavy atom. The molecular weight excluding hydrogens is 222 g/mol. The maximum Gasteiger partial charge on any atom is 0.0662 e. The topological polar surface area (TPSA) is 21.3 Å². The van der Waals surface area contributed by atoms with Gasteiger partial charge in [-0.25, -0.2) is 0 Å². The van der Waals surface area contributed by atoms with Gasteiger partial charge in [0.25, 0.3) is 0 Å². The summed E-state index contributed by atoms with van der Waals surface area (Å²) in [5.41, 5.74) is 0.130. The molecule has 2 atom stereocenters. The van der Waals surface area contributed by atoms with Crippen LogP contribution in [0, 0.1) is 11.8 Å².